The molecule has 0 heterocycles. The second-order valence-corrected chi connectivity index (χ2v) is 4.40. The molecule has 1 atom stereocenters. The lowest BCUT2D eigenvalue weighted by Gasteiger charge is -2.38. The third-order valence-electron chi connectivity index (χ3n) is 2.92. The third kappa shape index (κ3) is 2.53. The van der Waals surface area contributed by atoms with E-state index >= 15 is 0 Å². The van der Waals surface area contributed by atoms with Crippen LogP contribution in [0.1, 0.15) is 45.4 Å². The molecule has 4 heteroatoms. The zero-order valence-electron chi connectivity index (χ0n) is 8.46. The molecule has 14 heavy (non-hydrogen) atoms. The quantitative estimate of drug-likeness (QED) is 0.586. The number of hydrogen-bond donors (Lipinski definition) is 1. The Kier molecular flexibility index (Phi) is 4.05. The summed E-state index contributed by atoms with van der Waals surface area (Å²) >= 11 is 6.16. The summed E-state index contributed by atoms with van der Waals surface area (Å²) in [5.74, 6) is 0. The van der Waals surface area contributed by atoms with Gasteiger partial charge in [0.1, 0.15) is 5.60 Å². The number of carbonyl (C=O) groups is 1. The standard InChI is InChI=1S/C10H17ClO3/c1-2-8(11)10(14-9(12)13)6-4-3-5-7-10/h8H,2-7H2,1H3,(H,12,13). The number of ether oxygens (including phenoxy) is 1. The topological polar surface area (TPSA) is 46.5 Å². The molecular formula is C10H17ClO3. The van der Waals surface area contributed by atoms with E-state index in [2.05, 4.69) is 0 Å². The van der Waals surface area contributed by atoms with Gasteiger partial charge >= 0.3 is 6.16 Å². The Hall–Kier alpha value is -0.440. The maximum absolute atomic E-state index is 10.6. The van der Waals surface area contributed by atoms with Crippen molar-refractivity contribution in [1.29, 1.82) is 0 Å². The van der Waals surface area contributed by atoms with Gasteiger partial charge in [0.05, 0.1) is 5.38 Å². The predicted octanol–water partition coefficient (Wildman–Crippen LogP) is 3.40. The fraction of sp³-hybridized carbons (Fsp3) is 0.900. The van der Waals surface area contributed by atoms with Gasteiger partial charge in [-0.05, 0) is 32.1 Å². The second-order valence-electron chi connectivity index (χ2n) is 3.87. The lowest BCUT2D eigenvalue weighted by Crippen LogP contribution is -2.44. The van der Waals surface area contributed by atoms with Crippen LogP contribution in [-0.2, 0) is 4.74 Å². The van der Waals surface area contributed by atoms with E-state index in [0.717, 1.165) is 38.5 Å². The van der Waals surface area contributed by atoms with E-state index in [-0.39, 0.29) is 5.38 Å². The van der Waals surface area contributed by atoms with Crippen molar-refractivity contribution in [2.24, 2.45) is 0 Å². The lowest BCUT2D eigenvalue weighted by atomic mass is 9.81. The molecule has 82 valence electrons. The van der Waals surface area contributed by atoms with E-state index in [0.29, 0.717) is 0 Å². The number of carboxylic acid groups (broad SMARTS) is 1. The average molecular weight is 221 g/mol. The van der Waals surface area contributed by atoms with Gasteiger partial charge < -0.3 is 9.84 Å². The average Bonchev–Trinajstić information content (AvgIpc) is 2.17. The first kappa shape index (κ1) is 11.6. The summed E-state index contributed by atoms with van der Waals surface area (Å²) in [7, 11) is 0. The highest BCUT2D eigenvalue weighted by atomic mass is 35.5. The van der Waals surface area contributed by atoms with Crippen molar-refractivity contribution >= 4 is 17.8 Å². The van der Waals surface area contributed by atoms with E-state index in [1.54, 1.807) is 0 Å². The summed E-state index contributed by atoms with van der Waals surface area (Å²) in [4.78, 5) is 10.6. The minimum absolute atomic E-state index is 0.195. The van der Waals surface area contributed by atoms with E-state index in [9.17, 15) is 4.79 Å². The van der Waals surface area contributed by atoms with Crippen LogP contribution in [-0.4, -0.2) is 22.2 Å². The van der Waals surface area contributed by atoms with Crippen LogP contribution in [0.4, 0.5) is 4.79 Å². The normalized spacial score (nSPS) is 22.7. The SMILES string of the molecule is CCC(Cl)C1(OC(=O)O)CCCCC1. The largest absolute Gasteiger partial charge is 0.506 e. The lowest BCUT2D eigenvalue weighted by molar-refractivity contribution is -0.0444. The van der Waals surface area contributed by atoms with Crippen LogP contribution in [0.2, 0.25) is 0 Å². The molecule has 0 saturated heterocycles. The summed E-state index contributed by atoms with van der Waals surface area (Å²) in [6.45, 7) is 1.96. The molecule has 1 aliphatic rings. The Labute approximate surface area is 89.4 Å². The molecule has 0 aromatic heterocycles. The van der Waals surface area contributed by atoms with Crippen molar-refractivity contribution in [3.63, 3.8) is 0 Å². The molecule has 1 fully saturated rings. The molecule has 0 radical (unpaired) electrons. The Balaban J connectivity index is 2.71. The smallest absolute Gasteiger partial charge is 0.450 e. The highest BCUT2D eigenvalue weighted by molar-refractivity contribution is 6.21. The molecule has 0 aromatic rings. The van der Waals surface area contributed by atoms with Gasteiger partial charge in [-0.2, -0.15) is 0 Å². The Bertz CT molecular complexity index is 200. The zero-order chi connectivity index (χ0) is 10.6. The van der Waals surface area contributed by atoms with E-state index in [1.165, 1.54) is 0 Å². The molecule has 0 spiro atoms. The Morgan fingerprint density at radius 2 is 2.07 bits per heavy atom. The van der Waals surface area contributed by atoms with E-state index in [4.69, 9.17) is 21.4 Å². The summed E-state index contributed by atoms with van der Waals surface area (Å²) in [5, 5.41) is 8.50. The van der Waals surface area contributed by atoms with Gasteiger partial charge in [-0.1, -0.05) is 13.3 Å². The first-order valence-corrected chi connectivity index (χ1v) is 5.60. The molecule has 1 unspecified atom stereocenters. The molecule has 0 aliphatic heterocycles. The van der Waals surface area contributed by atoms with Crippen molar-refractivity contribution in [1.82, 2.24) is 0 Å². The molecule has 1 rings (SSSR count). The summed E-state index contributed by atoms with van der Waals surface area (Å²) in [6, 6.07) is 0. The maximum Gasteiger partial charge on any atom is 0.506 e. The highest BCUT2D eigenvalue weighted by Crippen LogP contribution is 2.38. The van der Waals surface area contributed by atoms with Crippen LogP contribution in [0.15, 0.2) is 0 Å². The number of hydrogen-bond acceptors (Lipinski definition) is 2. The Morgan fingerprint density at radius 3 is 2.50 bits per heavy atom. The van der Waals surface area contributed by atoms with Gasteiger partial charge in [-0.25, -0.2) is 4.79 Å². The van der Waals surface area contributed by atoms with Crippen LogP contribution >= 0.6 is 11.6 Å². The molecule has 0 amide bonds. The fourth-order valence-corrected chi connectivity index (χ4v) is 2.44. The summed E-state index contributed by atoms with van der Waals surface area (Å²) in [6.07, 6.45) is 4.24. The number of rotatable bonds is 3. The van der Waals surface area contributed by atoms with Crippen LogP contribution in [0.3, 0.4) is 0 Å². The maximum atomic E-state index is 10.6. The predicted molar refractivity (Wildman–Crippen MR) is 54.9 cm³/mol. The first-order valence-electron chi connectivity index (χ1n) is 5.17. The molecule has 0 bridgehead atoms. The molecule has 1 aliphatic carbocycles. The fourth-order valence-electron chi connectivity index (χ4n) is 2.18. The van der Waals surface area contributed by atoms with Crippen molar-refractivity contribution in [3.05, 3.63) is 0 Å². The van der Waals surface area contributed by atoms with Crippen molar-refractivity contribution in [3.8, 4) is 0 Å². The van der Waals surface area contributed by atoms with Crippen molar-refractivity contribution < 1.29 is 14.6 Å². The third-order valence-corrected chi connectivity index (χ3v) is 3.63. The molecule has 0 aromatic carbocycles. The monoisotopic (exact) mass is 220 g/mol. The van der Waals surface area contributed by atoms with Gasteiger partial charge in [0.25, 0.3) is 0 Å². The van der Waals surface area contributed by atoms with E-state index < -0.39 is 11.8 Å². The first-order chi connectivity index (χ1) is 6.60. The van der Waals surface area contributed by atoms with Crippen molar-refractivity contribution in [2.75, 3.05) is 0 Å². The molecular weight excluding hydrogens is 204 g/mol. The van der Waals surface area contributed by atoms with Crippen LogP contribution in [0.5, 0.6) is 0 Å². The van der Waals surface area contributed by atoms with Gasteiger partial charge in [0.15, 0.2) is 0 Å². The molecule has 1 saturated carbocycles. The minimum atomic E-state index is -1.20. The van der Waals surface area contributed by atoms with Crippen LogP contribution in [0, 0.1) is 0 Å². The van der Waals surface area contributed by atoms with Crippen molar-refractivity contribution in [2.45, 2.75) is 56.4 Å². The minimum Gasteiger partial charge on any atom is -0.450 e. The number of halogens is 1. The van der Waals surface area contributed by atoms with Crippen LogP contribution in [0.25, 0.3) is 0 Å². The van der Waals surface area contributed by atoms with Crippen LogP contribution < -0.4 is 0 Å². The second kappa shape index (κ2) is 4.87. The molecule has 3 nitrogen and oxygen atoms in total. The highest BCUT2D eigenvalue weighted by Gasteiger charge is 2.41. The van der Waals surface area contributed by atoms with E-state index in [1.807, 2.05) is 6.92 Å². The van der Waals surface area contributed by atoms with Gasteiger partial charge in [-0.15, -0.1) is 11.6 Å². The van der Waals surface area contributed by atoms with Gasteiger partial charge in [0.2, 0.25) is 0 Å². The van der Waals surface area contributed by atoms with Gasteiger partial charge in [-0.3, -0.25) is 0 Å². The molecule has 1 N–H and O–H groups in total. The number of alkyl halides is 1. The Morgan fingerprint density at radius 1 is 1.50 bits per heavy atom. The van der Waals surface area contributed by atoms with Gasteiger partial charge in [0, 0.05) is 0 Å². The summed E-state index contributed by atoms with van der Waals surface area (Å²) < 4.78 is 5.02. The summed E-state index contributed by atoms with van der Waals surface area (Å²) in [5.41, 5.74) is -0.625. The zero-order valence-corrected chi connectivity index (χ0v) is 9.22.